The summed E-state index contributed by atoms with van der Waals surface area (Å²) in [6, 6.07) is 0. The Balaban J connectivity index is 3.94. The second-order valence-electron chi connectivity index (χ2n) is 5.35. The number of carboxylic acid groups (broad SMARTS) is 1. The van der Waals surface area contributed by atoms with Gasteiger partial charge in [-0.1, -0.05) is 51.9 Å². The van der Waals surface area contributed by atoms with Crippen LogP contribution in [0, 0.1) is 0 Å². The Hall–Kier alpha value is -0.585. The van der Waals surface area contributed by atoms with Gasteiger partial charge in [-0.2, -0.15) is 0 Å². The molecular weight excluding hydrogens is 245 g/mol. The number of rotatable bonds is 12. The molecule has 0 bridgehead atoms. The van der Waals surface area contributed by atoms with Gasteiger partial charge in [0.2, 0.25) is 0 Å². The molecule has 0 radical (unpaired) electrons. The Bertz CT molecular complexity index is 251. The van der Waals surface area contributed by atoms with E-state index in [4.69, 9.17) is 15.8 Å². The first-order valence-corrected chi connectivity index (χ1v) is 7.31. The third-order valence-electron chi connectivity index (χ3n) is 3.49. The minimum atomic E-state index is -1.31. The molecule has 1 unspecified atom stereocenters. The second kappa shape index (κ2) is 10.2. The summed E-state index contributed by atoms with van der Waals surface area (Å²) in [7, 11) is -1.31. The Morgan fingerprint density at radius 2 is 1.58 bits per heavy atom. The summed E-state index contributed by atoms with van der Waals surface area (Å²) in [6.07, 6.45) is 7.68. The molecular formula is C13H28BNO4. The van der Waals surface area contributed by atoms with Crippen LogP contribution in [0.1, 0.15) is 64.7 Å². The highest BCUT2D eigenvalue weighted by atomic mass is 16.4. The number of carboxylic acids is 1. The highest BCUT2D eigenvalue weighted by molar-refractivity contribution is 6.40. The quantitative estimate of drug-likeness (QED) is 0.320. The zero-order valence-electron chi connectivity index (χ0n) is 12.0. The van der Waals surface area contributed by atoms with Crippen LogP contribution in [0.4, 0.5) is 0 Å². The maximum absolute atomic E-state index is 11.2. The van der Waals surface area contributed by atoms with E-state index in [2.05, 4.69) is 6.92 Å². The van der Waals surface area contributed by atoms with Crippen molar-refractivity contribution in [3.63, 3.8) is 0 Å². The average Bonchev–Trinajstić information content (AvgIpc) is 2.34. The summed E-state index contributed by atoms with van der Waals surface area (Å²) >= 11 is 0. The molecule has 0 aromatic carbocycles. The van der Waals surface area contributed by atoms with Crippen molar-refractivity contribution in [3.8, 4) is 0 Å². The zero-order chi connectivity index (χ0) is 14.7. The minimum absolute atomic E-state index is 0.270. The lowest BCUT2D eigenvalue weighted by molar-refractivity contribution is -0.144. The molecule has 5 N–H and O–H groups in total. The highest BCUT2D eigenvalue weighted by Gasteiger charge is 2.32. The summed E-state index contributed by atoms with van der Waals surface area (Å²) in [4.78, 5) is 11.2. The second-order valence-corrected chi connectivity index (χ2v) is 5.35. The molecule has 0 saturated carbocycles. The molecule has 0 aliphatic carbocycles. The van der Waals surface area contributed by atoms with E-state index in [1.54, 1.807) is 0 Å². The van der Waals surface area contributed by atoms with Crippen molar-refractivity contribution in [2.75, 3.05) is 0 Å². The summed E-state index contributed by atoms with van der Waals surface area (Å²) < 4.78 is 0. The lowest BCUT2D eigenvalue weighted by atomic mass is 9.81. The van der Waals surface area contributed by atoms with Gasteiger partial charge in [0.05, 0.1) is 0 Å². The van der Waals surface area contributed by atoms with Crippen LogP contribution in [0.2, 0.25) is 6.32 Å². The summed E-state index contributed by atoms with van der Waals surface area (Å²) in [6.45, 7) is 2.14. The number of unbranched alkanes of at least 4 members (excludes halogenated alkanes) is 5. The third-order valence-corrected chi connectivity index (χ3v) is 3.49. The predicted octanol–water partition coefficient (Wildman–Crippen LogP) is 1.77. The number of aliphatic carboxylic acids is 1. The normalized spacial score (nSPS) is 14.1. The van der Waals surface area contributed by atoms with Crippen molar-refractivity contribution >= 4 is 13.1 Å². The van der Waals surface area contributed by atoms with Crippen molar-refractivity contribution in [1.29, 1.82) is 0 Å². The Kier molecular flexibility index (Phi) is 9.92. The standard InChI is InChI=1S/C13H28BNO4/c1-2-3-4-5-6-9-13(15,12(16)17)10-7-8-11-14(18)19/h18-19H,2-11,15H2,1H3,(H,16,17). The van der Waals surface area contributed by atoms with Crippen molar-refractivity contribution < 1.29 is 19.9 Å². The number of hydrogen-bond acceptors (Lipinski definition) is 4. The Labute approximate surface area is 116 Å². The van der Waals surface area contributed by atoms with Crippen molar-refractivity contribution in [1.82, 2.24) is 0 Å². The first-order chi connectivity index (χ1) is 8.92. The van der Waals surface area contributed by atoms with Gasteiger partial charge < -0.3 is 20.9 Å². The molecule has 0 aliphatic rings. The zero-order valence-corrected chi connectivity index (χ0v) is 12.0. The van der Waals surface area contributed by atoms with Crippen LogP contribution >= 0.6 is 0 Å². The van der Waals surface area contributed by atoms with Gasteiger partial charge in [-0.25, -0.2) is 0 Å². The maximum atomic E-state index is 11.2. The molecule has 1 atom stereocenters. The van der Waals surface area contributed by atoms with Crippen LogP contribution in [-0.4, -0.2) is 33.8 Å². The first-order valence-electron chi connectivity index (χ1n) is 7.31. The van der Waals surface area contributed by atoms with E-state index < -0.39 is 18.6 Å². The number of nitrogens with two attached hydrogens (primary N) is 1. The first kappa shape index (κ1) is 18.4. The van der Waals surface area contributed by atoms with Crippen LogP contribution in [0.5, 0.6) is 0 Å². The molecule has 0 aromatic rings. The number of carbonyl (C=O) groups is 1. The van der Waals surface area contributed by atoms with Crippen molar-refractivity contribution in [2.24, 2.45) is 5.73 Å². The van der Waals surface area contributed by atoms with Crippen LogP contribution in [0.15, 0.2) is 0 Å². The molecule has 5 nitrogen and oxygen atoms in total. The van der Waals surface area contributed by atoms with E-state index in [0.29, 0.717) is 25.7 Å². The molecule has 0 fully saturated rings. The molecule has 6 heteroatoms. The van der Waals surface area contributed by atoms with E-state index in [9.17, 15) is 9.90 Å². The van der Waals surface area contributed by atoms with E-state index >= 15 is 0 Å². The molecule has 19 heavy (non-hydrogen) atoms. The van der Waals surface area contributed by atoms with Gasteiger partial charge in [-0.15, -0.1) is 0 Å². The lowest BCUT2D eigenvalue weighted by Crippen LogP contribution is -2.47. The smallest absolute Gasteiger partial charge is 0.451 e. The summed E-state index contributed by atoms with van der Waals surface area (Å²) in [5, 5.41) is 26.7. The Morgan fingerprint density at radius 1 is 1.05 bits per heavy atom. The molecule has 0 aromatic heterocycles. The summed E-state index contributed by atoms with van der Waals surface area (Å²) in [5.74, 6) is -0.951. The van der Waals surface area contributed by atoms with Crippen molar-refractivity contribution in [3.05, 3.63) is 0 Å². The van der Waals surface area contributed by atoms with Gasteiger partial charge >= 0.3 is 13.1 Å². The lowest BCUT2D eigenvalue weighted by Gasteiger charge is -2.24. The maximum Gasteiger partial charge on any atom is 0.451 e. The molecule has 0 spiro atoms. The van der Waals surface area contributed by atoms with Gasteiger partial charge in [0.15, 0.2) is 0 Å². The van der Waals surface area contributed by atoms with Crippen LogP contribution in [0.25, 0.3) is 0 Å². The van der Waals surface area contributed by atoms with Gasteiger partial charge in [-0.05, 0) is 19.2 Å². The van der Waals surface area contributed by atoms with Gasteiger partial charge in [0.25, 0.3) is 0 Å². The van der Waals surface area contributed by atoms with Gasteiger partial charge in [0, 0.05) is 0 Å². The molecule has 0 amide bonds. The minimum Gasteiger partial charge on any atom is -0.480 e. The van der Waals surface area contributed by atoms with Crippen LogP contribution in [0.3, 0.4) is 0 Å². The number of hydrogen-bond donors (Lipinski definition) is 4. The van der Waals surface area contributed by atoms with Crippen molar-refractivity contribution in [2.45, 2.75) is 76.6 Å². The largest absolute Gasteiger partial charge is 0.480 e. The van der Waals surface area contributed by atoms with Gasteiger partial charge in [0.1, 0.15) is 5.54 Å². The van der Waals surface area contributed by atoms with E-state index in [1.165, 1.54) is 6.42 Å². The Morgan fingerprint density at radius 3 is 2.05 bits per heavy atom. The van der Waals surface area contributed by atoms with E-state index in [-0.39, 0.29) is 6.32 Å². The monoisotopic (exact) mass is 273 g/mol. The molecule has 0 saturated heterocycles. The third kappa shape index (κ3) is 9.02. The van der Waals surface area contributed by atoms with Crippen LogP contribution < -0.4 is 5.73 Å². The molecule has 112 valence electrons. The highest BCUT2D eigenvalue weighted by Crippen LogP contribution is 2.21. The fourth-order valence-electron chi connectivity index (χ4n) is 2.15. The van der Waals surface area contributed by atoms with Crippen LogP contribution in [-0.2, 0) is 4.79 Å². The van der Waals surface area contributed by atoms with Gasteiger partial charge in [-0.3, -0.25) is 4.79 Å². The SMILES string of the molecule is CCCCCCCC(N)(CCCCB(O)O)C(=O)O. The molecule has 0 heterocycles. The average molecular weight is 273 g/mol. The van der Waals surface area contributed by atoms with E-state index in [0.717, 1.165) is 25.7 Å². The fourth-order valence-corrected chi connectivity index (χ4v) is 2.15. The van der Waals surface area contributed by atoms with E-state index in [1.807, 2.05) is 0 Å². The molecule has 0 aliphatic heterocycles. The predicted molar refractivity (Wildman–Crippen MR) is 76.8 cm³/mol. The fraction of sp³-hybridized carbons (Fsp3) is 0.923. The summed E-state index contributed by atoms with van der Waals surface area (Å²) in [5.41, 5.74) is 4.79. The topological polar surface area (TPSA) is 104 Å². The molecule has 0 rings (SSSR count).